The molecule has 0 bridgehead atoms. The summed E-state index contributed by atoms with van der Waals surface area (Å²) >= 11 is 0. The molecular formula is C14H20O. The van der Waals surface area contributed by atoms with E-state index in [0.29, 0.717) is 0 Å². The molecule has 0 spiro atoms. The summed E-state index contributed by atoms with van der Waals surface area (Å²) in [6, 6.07) is 8.44. The van der Waals surface area contributed by atoms with Gasteiger partial charge in [-0.25, -0.2) is 0 Å². The van der Waals surface area contributed by atoms with Crippen molar-refractivity contribution in [2.45, 2.75) is 32.1 Å². The van der Waals surface area contributed by atoms with E-state index in [0.717, 1.165) is 19.3 Å². The van der Waals surface area contributed by atoms with Gasteiger partial charge in [-0.05, 0) is 31.7 Å². The summed E-state index contributed by atoms with van der Waals surface area (Å²) in [7, 11) is 0. The summed E-state index contributed by atoms with van der Waals surface area (Å²) in [5.74, 6) is 0.283. The zero-order chi connectivity index (χ0) is 11.1. The zero-order valence-corrected chi connectivity index (χ0v) is 9.45. The van der Waals surface area contributed by atoms with E-state index in [1.54, 1.807) is 0 Å². The molecule has 0 heterocycles. The van der Waals surface area contributed by atoms with Crippen molar-refractivity contribution in [2.75, 3.05) is 6.61 Å². The zero-order valence-electron chi connectivity index (χ0n) is 9.45. The Labute approximate surface area is 92.5 Å². The molecule has 0 saturated carbocycles. The van der Waals surface area contributed by atoms with Crippen LogP contribution < -0.4 is 0 Å². The lowest BCUT2D eigenvalue weighted by Gasteiger charge is -2.14. The van der Waals surface area contributed by atoms with Crippen molar-refractivity contribution in [1.82, 2.24) is 0 Å². The van der Waals surface area contributed by atoms with E-state index in [9.17, 15) is 5.11 Å². The molecule has 0 amide bonds. The average Bonchev–Trinajstić information content (AvgIpc) is 2.26. The lowest BCUT2D eigenvalue weighted by molar-refractivity contribution is 0.257. The van der Waals surface area contributed by atoms with Gasteiger partial charge in [0.05, 0.1) is 0 Å². The van der Waals surface area contributed by atoms with Gasteiger partial charge >= 0.3 is 0 Å². The highest BCUT2D eigenvalue weighted by Gasteiger charge is 2.08. The van der Waals surface area contributed by atoms with E-state index in [1.807, 2.05) is 6.08 Å². The van der Waals surface area contributed by atoms with Crippen molar-refractivity contribution in [2.24, 2.45) is 0 Å². The first kappa shape index (κ1) is 12.0. The third-order valence-corrected chi connectivity index (χ3v) is 2.73. The maximum absolute atomic E-state index is 9.32. The predicted molar refractivity (Wildman–Crippen MR) is 65.1 cm³/mol. The molecule has 15 heavy (non-hydrogen) atoms. The number of rotatable bonds is 6. The van der Waals surface area contributed by atoms with Crippen molar-refractivity contribution in [3.63, 3.8) is 0 Å². The summed E-state index contributed by atoms with van der Waals surface area (Å²) in [5.41, 5.74) is 2.51. The average molecular weight is 204 g/mol. The van der Waals surface area contributed by atoms with E-state index in [1.165, 1.54) is 11.1 Å². The molecule has 1 rings (SSSR count). The van der Waals surface area contributed by atoms with Crippen LogP contribution in [0.1, 0.15) is 36.3 Å². The first-order valence-corrected chi connectivity index (χ1v) is 5.56. The van der Waals surface area contributed by atoms with Gasteiger partial charge in [0, 0.05) is 12.5 Å². The van der Waals surface area contributed by atoms with Crippen molar-refractivity contribution < 1.29 is 5.11 Å². The van der Waals surface area contributed by atoms with Crippen LogP contribution in [0.5, 0.6) is 0 Å². The van der Waals surface area contributed by atoms with E-state index in [-0.39, 0.29) is 12.5 Å². The Balaban J connectivity index is 2.57. The highest BCUT2D eigenvalue weighted by molar-refractivity contribution is 5.24. The van der Waals surface area contributed by atoms with Gasteiger partial charge in [-0.1, -0.05) is 35.9 Å². The molecule has 1 nitrogen and oxygen atoms in total. The van der Waals surface area contributed by atoms with Gasteiger partial charge < -0.3 is 5.11 Å². The Hall–Kier alpha value is -1.08. The number of aliphatic hydroxyl groups excluding tert-OH is 1. The molecular weight excluding hydrogens is 184 g/mol. The molecule has 82 valence electrons. The minimum absolute atomic E-state index is 0.236. The van der Waals surface area contributed by atoms with Crippen LogP contribution in [-0.4, -0.2) is 11.7 Å². The van der Waals surface area contributed by atoms with E-state index in [2.05, 4.69) is 37.8 Å². The fraction of sp³-hybridized carbons (Fsp3) is 0.429. The molecule has 0 aliphatic heterocycles. The van der Waals surface area contributed by atoms with E-state index < -0.39 is 0 Å². The lowest BCUT2D eigenvalue weighted by atomic mass is 9.94. The number of benzene rings is 1. The third kappa shape index (κ3) is 3.88. The summed E-state index contributed by atoms with van der Waals surface area (Å²) in [5, 5.41) is 9.32. The Bertz CT molecular complexity index is 287. The molecule has 1 aromatic carbocycles. The standard InChI is InChI=1S/C14H20O/c1-3-4-5-6-14(11-15)13-9-7-12(2)8-10-13/h3,7-10,14-15H,1,4-6,11H2,2H3/t14-/m1/s1. The second-order valence-corrected chi connectivity index (χ2v) is 4.01. The lowest BCUT2D eigenvalue weighted by Crippen LogP contribution is -2.03. The normalized spacial score (nSPS) is 12.4. The van der Waals surface area contributed by atoms with Crippen molar-refractivity contribution >= 4 is 0 Å². The van der Waals surface area contributed by atoms with Crippen LogP contribution in [0.4, 0.5) is 0 Å². The number of allylic oxidation sites excluding steroid dienone is 1. The predicted octanol–water partition coefficient (Wildman–Crippen LogP) is 3.43. The Kier molecular flexibility index (Phi) is 5.13. The van der Waals surface area contributed by atoms with Gasteiger partial charge in [0.15, 0.2) is 0 Å². The highest BCUT2D eigenvalue weighted by atomic mass is 16.3. The number of unbranched alkanes of at least 4 members (excludes halogenated alkanes) is 1. The van der Waals surface area contributed by atoms with Gasteiger partial charge in [0.1, 0.15) is 0 Å². The van der Waals surface area contributed by atoms with E-state index in [4.69, 9.17) is 0 Å². The van der Waals surface area contributed by atoms with Gasteiger partial charge in [0.25, 0.3) is 0 Å². The number of aryl methyl sites for hydroxylation is 1. The Morgan fingerprint density at radius 1 is 1.33 bits per heavy atom. The minimum Gasteiger partial charge on any atom is -0.396 e. The topological polar surface area (TPSA) is 20.2 Å². The van der Waals surface area contributed by atoms with Crippen LogP contribution in [0.2, 0.25) is 0 Å². The van der Waals surface area contributed by atoms with Gasteiger partial charge in [-0.2, -0.15) is 0 Å². The molecule has 1 atom stereocenters. The molecule has 0 aromatic heterocycles. The van der Waals surface area contributed by atoms with Gasteiger partial charge in [0.2, 0.25) is 0 Å². The van der Waals surface area contributed by atoms with Crippen molar-refractivity contribution in [1.29, 1.82) is 0 Å². The highest BCUT2D eigenvalue weighted by Crippen LogP contribution is 2.21. The maximum atomic E-state index is 9.32. The van der Waals surface area contributed by atoms with E-state index >= 15 is 0 Å². The second kappa shape index (κ2) is 6.41. The second-order valence-electron chi connectivity index (χ2n) is 4.01. The fourth-order valence-corrected chi connectivity index (χ4v) is 1.71. The van der Waals surface area contributed by atoms with Crippen LogP contribution in [-0.2, 0) is 0 Å². The molecule has 1 N–H and O–H groups in total. The molecule has 0 saturated heterocycles. The molecule has 0 radical (unpaired) electrons. The monoisotopic (exact) mass is 204 g/mol. The third-order valence-electron chi connectivity index (χ3n) is 2.73. The summed E-state index contributed by atoms with van der Waals surface area (Å²) < 4.78 is 0. The number of hydrogen-bond acceptors (Lipinski definition) is 1. The van der Waals surface area contributed by atoms with Gasteiger partial charge in [-0.15, -0.1) is 6.58 Å². The Morgan fingerprint density at radius 3 is 2.53 bits per heavy atom. The smallest absolute Gasteiger partial charge is 0.0499 e. The van der Waals surface area contributed by atoms with Crippen molar-refractivity contribution in [3.05, 3.63) is 48.0 Å². The molecule has 0 unspecified atom stereocenters. The molecule has 1 heteroatoms. The number of hydrogen-bond donors (Lipinski definition) is 1. The van der Waals surface area contributed by atoms with Crippen LogP contribution in [0.3, 0.4) is 0 Å². The summed E-state index contributed by atoms with van der Waals surface area (Å²) in [6.07, 6.45) is 5.10. The van der Waals surface area contributed by atoms with Gasteiger partial charge in [-0.3, -0.25) is 0 Å². The Morgan fingerprint density at radius 2 is 2.00 bits per heavy atom. The first-order valence-electron chi connectivity index (χ1n) is 5.56. The molecule has 0 fully saturated rings. The summed E-state index contributed by atoms with van der Waals surface area (Å²) in [4.78, 5) is 0. The quantitative estimate of drug-likeness (QED) is 0.556. The van der Waals surface area contributed by atoms with Crippen LogP contribution in [0, 0.1) is 6.92 Å². The largest absolute Gasteiger partial charge is 0.396 e. The molecule has 0 aliphatic rings. The minimum atomic E-state index is 0.236. The number of aliphatic hydroxyl groups is 1. The van der Waals surface area contributed by atoms with Crippen LogP contribution in [0.25, 0.3) is 0 Å². The maximum Gasteiger partial charge on any atom is 0.0499 e. The molecule has 0 aliphatic carbocycles. The SMILES string of the molecule is C=CCCC[C@H](CO)c1ccc(C)cc1. The fourth-order valence-electron chi connectivity index (χ4n) is 1.71. The van der Waals surface area contributed by atoms with Crippen molar-refractivity contribution in [3.8, 4) is 0 Å². The van der Waals surface area contributed by atoms with Crippen LogP contribution in [0.15, 0.2) is 36.9 Å². The summed E-state index contributed by atoms with van der Waals surface area (Å²) in [6.45, 7) is 6.02. The van der Waals surface area contributed by atoms with Crippen LogP contribution >= 0.6 is 0 Å². The first-order chi connectivity index (χ1) is 7.27. The molecule has 1 aromatic rings.